The van der Waals surface area contributed by atoms with Crippen molar-refractivity contribution >= 4 is 35.0 Å². The van der Waals surface area contributed by atoms with Crippen LogP contribution in [0.25, 0.3) is 0 Å². The number of unbranched alkanes of at least 4 members (excludes halogenated alkanes) is 1. The lowest BCUT2D eigenvalue weighted by atomic mass is 10.2. The van der Waals surface area contributed by atoms with Gasteiger partial charge in [0.25, 0.3) is 6.26 Å². The van der Waals surface area contributed by atoms with E-state index in [-0.39, 0.29) is 0 Å². The fourth-order valence-electron chi connectivity index (χ4n) is 1.00. The van der Waals surface area contributed by atoms with Gasteiger partial charge in [0.15, 0.2) is 0 Å². The Kier molecular flexibility index (Phi) is 9.93. The van der Waals surface area contributed by atoms with Crippen LogP contribution in [-0.2, 0) is 9.53 Å². The van der Waals surface area contributed by atoms with Gasteiger partial charge in [-0.1, -0.05) is 55.9 Å². The number of carbonyl (C=O) groups excluding carboxylic acids is 1. The number of rotatable bonds is 4. The summed E-state index contributed by atoms with van der Waals surface area (Å²) >= 11 is 8.85. The van der Waals surface area contributed by atoms with E-state index >= 15 is 0 Å². The molecule has 0 bridgehead atoms. The van der Waals surface area contributed by atoms with Gasteiger partial charge in [0, 0.05) is 6.42 Å². The standard InChI is InChI=1S/C7H6S2.C6H9NO2/c8-7(9)6-4-2-1-3-5-6;1-2-3-4-6(8)9-5-7/h1-5H,(H,8,9);2-4H2,1H3. The van der Waals surface area contributed by atoms with E-state index in [0.29, 0.717) is 10.6 Å². The van der Waals surface area contributed by atoms with E-state index in [1.807, 2.05) is 37.3 Å². The second-order valence-electron chi connectivity index (χ2n) is 3.34. The van der Waals surface area contributed by atoms with Crippen LogP contribution in [0.2, 0.25) is 0 Å². The Bertz CT molecular complexity index is 413. The first-order chi connectivity index (χ1) is 8.61. The zero-order valence-corrected chi connectivity index (χ0v) is 11.8. The SMILES string of the molecule is CCCCC(=O)OC#N.S=C(S)c1ccccc1. The first-order valence-electron chi connectivity index (χ1n) is 5.49. The number of carbonyl (C=O) groups is 1. The van der Waals surface area contributed by atoms with E-state index in [2.05, 4.69) is 17.4 Å². The van der Waals surface area contributed by atoms with Gasteiger partial charge in [-0.25, -0.2) is 0 Å². The number of hydrogen-bond donors (Lipinski definition) is 1. The summed E-state index contributed by atoms with van der Waals surface area (Å²) in [4.78, 5) is 10.4. The highest BCUT2D eigenvalue weighted by atomic mass is 32.1. The van der Waals surface area contributed by atoms with Crippen molar-refractivity contribution in [3.8, 4) is 6.26 Å². The van der Waals surface area contributed by atoms with E-state index in [1.165, 1.54) is 6.26 Å². The molecule has 0 radical (unpaired) electrons. The van der Waals surface area contributed by atoms with Crippen LogP contribution in [0.15, 0.2) is 30.3 Å². The number of thiocarbonyl (C=S) groups is 1. The summed E-state index contributed by atoms with van der Waals surface area (Å²) in [7, 11) is 0. The quantitative estimate of drug-likeness (QED) is 0.397. The van der Waals surface area contributed by atoms with Crippen LogP contribution in [0.1, 0.15) is 31.7 Å². The summed E-state index contributed by atoms with van der Waals surface area (Å²) in [6, 6.07) is 9.72. The number of hydrogen-bond acceptors (Lipinski definition) is 4. The maximum atomic E-state index is 10.4. The summed E-state index contributed by atoms with van der Waals surface area (Å²) in [5.74, 6) is -0.431. The maximum absolute atomic E-state index is 10.4. The molecule has 0 amide bonds. The summed E-state index contributed by atoms with van der Waals surface area (Å²) in [6.45, 7) is 1.97. The highest BCUT2D eigenvalue weighted by Gasteiger charge is 1.98. The Hall–Kier alpha value is -1.38. The van der Waals surface area contributed by atoms with Crippen LogP contribution in [0.4, 0.5) is 0 Å². The van der Waals surface area contributed by atoms with Gasteiger partial charge in [-0.15, -0.1) is 17.9 Å². The zero-order valence-electron chi connectivity index (χ0n) is 10.1. The van der Waals surface area contributed by atoms with Crippen LogP contribution < -0.4 is 0 Å². The lowest BCUT2D eigenvalue weighted by Crippen LogP contribution is -1.97. The number of thiol groups is 1. The molecule has 5 heteroatoms. The molecule has 1 aromatic rings. The van der Waals surface area contributed by atoms with Crippen molar-refractivity contribution in [3.05, 3.63) is 35.9 Å². The molecule has 0 unspecified atom stereocenters. The molecule has 0 aliphatic heterocycles. The molecule has 0 aliphatic rings. The van der Waals surface area contributed by atoms with Crippen molar-refractivity contribution in [2.75, 3.05) is 0 Å². The number of nitriles is 1. The van der Waals surface area contributed by atoms with Gasteiger partial charge in [-0.05, 0) is 12.0 Å². The van der Waals surface area contributed by atoms with E-state index in [1.54, 1.807) is 0 Å². The fourth-order valence-corrected chi connectivity index (χ4v) is 1.29. The number of ether oxygens (including phenoxy) is 1. The second-order valence-corrected chi connectivity index (χ2v) is 4.50. The summed E-state index contributed by atoms with van der Waals surface area (Å²) in [6.07, 6.45) is 3.42. The molecule has 18 heavy (non-hydrogen) atoms. The number of nitrogens with zero attached hydrogens (tertiary/aromatic N) is 1. The molecule has 0 aliphatic carbocycles. The predicted molar refractivity (Wildman–Crippen MR) is 78.4 cm³/mol. The van der Waals surface area contributed by atoms with Crippen molar-refractivity contribution < 1.29 is 9.53 Å². The van der Waals surface area contributed by atoms with Crippen LogP contribution in [0, 0.1) is 11.5 Å². The Morgan fingerprint density at radius 3 is 2.44 bits per heavy atom. The second kappa shape index (κ2) is 10.8. The summed E-state index contributed by atoms with van der Waals surface area (Å²) in [5.41, 5.74) is 1.01. The van der Waals surface area contributed by atoms with E-state index in [0.717, 1.165) is 18.4 Å². The van der Waals surface area contributed by atoms with Crippen molar-refractivity contribution in [2.45, 2.75) is 26.2 Å². The topological polar surface area (TPSA) is 50.1 Å². The first kappa shape index (κ1) is 16.6. The van der Waals surface area contributed by atoms with Crippen LogP contribution in [0.5, 0.6) is 0 Å². The third-order valence-corrected chi connectivity index (χ3v) is 2.41. The molecule has 0 spiro atoms. The molecular weight excluding hydrogens is 266 g/mol. The minimum Gasteiger partial charge on any atom is -0.351 e. The highest BCUT2D eigenvalue weighted by molar-refractivity contribution is 8.11. The van der Waals surface area contributed by atoms with Crippen molar-refractivity contribution in [1.82, 2.24) is 0 Å². The van der Waals surface area contributed by atoms with Crippen molar-refractivity contribution in [3.63, 3.8) is 0 Å². The Morgan fingerprint density at radius 1 is 1.44 bits per heavy atom. The van der Waals surface area contributed by atoms with E-state index in [9.17, 15) is 4.79 Å². The molecule has 1 aromatic carbocycles. The lowest BCUT2D eigenvalue weighted by molar-refractivity contribution is -0.137. The molecular formula is C13H15NO2S2. The van der Waals surface area contributed by atoms with E-state index in [4.69, 9.17) is 17.5 Å². The Balaban J connectivity index is 0.000000321. The fraction of sp³-hybridized carbons (Fsp3) is 0.308. The molecule has 0 saturated heterocycles. The van der Waals surface area contributed by atoms with Crippen molar-refractivity contribution in [1.29, 1.82) is 5.26 Å². The Morgan fingerprint density at radius 2 is 2.06 bits per heavy atom. The minimum atomic E-state index is -0.431. The monoisotopic (exact) mass is 281 g/mol. The average Bonchev–Trinajstić information content (AvgIpc) is 2.38. The predicted octanol–water partition coefficient (Wildman–Crippen LogP) is 3.49. The molecule has 0 N–H and O–H groups in total. The highest BCUT2D eigenvalue weighted by Crippen LogP contribution is 2.02. The normalized spacial score (nSPS) is 8.50. The van der Waals surface area contributed by atoms with Gasteiger partial charge in [0.05, 0.1) is 4.20 Å². The van der Waals surface area contributed by atoms with Gasteiger partial charge in [0.1, 0.15) is 0 Å². The van der Waals surface area contributed by atoms with Crippen molar-refractivity contribution in [2.24, 2.45) is 0 Å². The average molecular weight is 281 g/mol. The molecule has 0 aromatic heterocycles. The molecule has 1 rings (SSSR count). The number of esters is 1. The molecule has 3 nitrogen and oxygen atoms in total. The van der Waals surface area contributed by atoms with Gasteiger partial charge >= 0.3 is 5.97 Å². The summed E-state index contributed by atoms with van der Waals surface area (Å²) < 4.78 is 4.66. The van der Waals surface area contributed by atoms with E-state index < -0.39 is 5.97 Å². The smallest absolute Gasteiger partial charge is 0.321 e. The van der Waals surface area contributed by atoms with Crippen LogP contribution in [0.3, 0.4) is 0 Å². The zero-order chi connectivity index (χ0) is 13.8. The van der Waals surface area contributed by atoms with Gasteiger partial charge in [0.2, 0.25) is 0 Å². The van der Waals surface area contributed by atoms with Gasteiger partial charge < -0.3 is 4.74 Å². The largest absolute Gasteiger partial charge is 0.351 e. The third kappa shape index (κ3) is 8.74. The molecule has 0 heterocycles. The maximum Gasteiger partial charge on any atom is 0.321 e. The molecule has 0 fully saturated rings. The molecule has 0 atom stereocenters. The summed E-state index contributed by atoms with van der Waals surface area (Å²) in [5, 5.41) is 7.84. The first-order valence-corrected chi connectivity index (χ1v) is 6.34. The lowest BCUT2D eigenvalue weighted by Gasteiger charge is -1.91. The van der Waals surface area contributed by atoms with Gasteiger partial charge in [-0.2, -0.15) is 0 Å². The molecule has 0 saturated carbocycles. The Labute approximate surface area is 118 Å². The minimum absolute atomic E-state index is 0.351. The van der Waals surface area contributed by atoms with Gasteiger partial charge in [-0.3, -0.25) is 4.79 Å². The van der Waals surface area contributed by atoms with Crippen LogP contribution >= 0.6 is 24.8 Å². The third-order valence-electron chi connectivity index (χ3n) is 1.91. The van der Waals surface area contributed by atoms with Crippen LogP contribution in [-0.4, -0.2) is 10.2 Å². The number of benzene rings is 1. The molecule has 96 valence electrons.